The standard InChI is InChI=1S/C14H22N2O/c1-11(2)15-10-9-14(17)16-12(3)13-7-5-4-6-8-13/h4-8,11-12,15H,9-10H2,1-3H3,(H,16,17)/t12-/m1/s1. The molecule has 0 aliphatic heterocycles. The van der Waals surface area contributed by atoms with Gasteiger partial charge in [0.2, 0.25) is 5.91 Å². The van der Waals surface area contributed by atoms with Crippen molar-refractivity contribution in [2.24, 2.45) is 0 Å². The van der Waals surface area contributed by atoms with E-state index in [4.69, 9.17) is 0 Å². The Labute approximate surface area is 104 Å². The van der Waals surface area contributed by atoms with E-state index in [-0.39, 0.29) is 11.9 Å². The van der Waals surface area contributed by atoms with Gasteiger partial charge in [0, 0.05) is 19.0 Å². The Balaban J connectivity index is 2.31. The molecule has 3 nitrogen and oxygen atoms in total. The molecular weight excluding hydrogens is 212 g/mol. The molecule has 1 amide bonds. The molecule has 0 saturated carbocycles. The first-order valence-corrected chi connectivity index (χ1v) is 6.17. The highest BCUT2D eigenvalue weighted by Crippen LogP contribution is 2.10. The fourth-order valence-corrected chi connectivity index (χ4v) is 1.61. The van der Waals surface area contributed by atoms with Gasteiger partial charge >= 0.3 is 0 Å². The zero-order chi connectivity index (χ0) is 12.7. The van der Waals surface area contributed by atoms with Gasteiger partial charge in [-0.1, -0.05) is 44.2 Å². The Morgan fingerprint density at radius 2 is 1.82 bits per heavy atom. The predicted octanol–water partition coefficient (Wildman–Crippen LogP) is 2.25. The van der Waals surface area contributed by atoms with Crippen molar-refractivity contribution < 1.29 is 4.79 Å². The molecule has 17 heavy (non-hydrogen) atoms. The van der Waals surface area contributed by atoms with Gasteiger partial charge in [0.1, 0.15) is 0 Å². The molecule has 2 N–H and O–H groups in total. The molecule has 1 aromatic carbocycles. The molecule has 0 bridgehead atoms. The third-order valence-electron chi connectivity index (χ3n) is 2.58. The second-order valence-electron chi connectivity index (χ2n) is 4.56. The zero-order valence-corrected chi connectivity index (χ0v) is 10.9. The second-order valence-corrected chi connectivity index (χ2v) is 4.56. The van der Waals surface area contributed by atoms with Crippen LogP contribution in [0.3, 0.4) is 0 Å². The quantitative estimate of drug-likeness (QED) is 0.792. The minimum Gasteiger partial charge on any atom is -0.350 e. The van der Waals surface area contributed by atoms with Crippen molar-refractivity contribution in [3.8, 4) is 0 Å². The van der Waals surface area contributed by atoms with Crippen molar-refractivity contribution in [3.63, 3.8) is 0 Å². The van der Waals surface area contributed by atoms with Crippen LogP contribution in [0.25, 0.3) is 0 Å². The van der Waals surface area contributed by atoms with E-state index in [0.717, 1.165) is 12.1 Å². The van der Waals surface area contributed by atoms with Crippen molar-refractivity contribution in [2.45, 2.75) is 39.3 Å². The monoisotopic (exact) mass is 234 g/mol. The molecule has 0 aliphatic rings. The molecule has 0 fully saturated rings. The summed E-state index contributed by atoms with van der Waals surface area (Å²) in [6, 6.07) is 10.5. The van der Waals surface area contributed by atoms with Gasteiger partial charge in [-0.05, 0) is 12.5 Å². The predicted molar refractivity (Wildman–Crippen MR) is 70.8 cm³/mol. The van der Waals surface area contributed by atoms with Crippen LogP contribution in [-0.4, -0.2) is 18.5 Å². The van der Waals surface area contributed by atoms with Gasteiger partial charge in [0.05, 0.1) is 6.04 Å². The first kappa shape index (κ1) is 13.7. The van der Waals surface area contributed by atoms with Gasteiger partial charge in [0.15, 0.2) is 0 Å². The van der Waals surface area contributed by atoms with E-state index in [1.807, 2.05) is 37.3 Å². The van der Waals surface area contributed by atoms with E-state index in [0.29, 0.717) is 12.5 Å². The lowest BCUT2D eigenvalue weighted by Crippen LogP contribution is -2.31. The number of rotatable bonds is 6. The van der Waals surface area contributed by atoms with E-state index >= 15 is 0 Å². The van der Waals surface area contributed by atoms with E-state index in [2.05, 4.69) is 24.5 Å². The van der Waals surface area contributed by atoms with Crippen LogP contribution in [0.4, 0.5) is 0 Å². The smallest absolute Gasteiger partial charge is 0.221 e. The lowest BCUT2D eigenvalue weighted by Gasteiger charge is -2.14. The number of carbonyl (C=O) groups is 1. The summed E-state index contributed by atoms with van der Waals surface area (Å²) < 4.78 is 0. The van der Waals surface area contributed by atoms with Gasteiger partial charge in [-0.3, -0.25) is 4.79 Å². The van der Waals surface area contributed by atoms with E-state index in [9.17, 15) is 4.79 Å². The lowest BCUT2D eigenvalue weighted by atomic mass is 10.1. The molecule has 1 rings (SSSR count). The van der Waals surface area contributed by atoms with Crippen LogP contribution in [-0.2, 0) is 4.79 Å². The van der Waals surface area contributed by atoms with Gasteiger partial charge in [-0.15, -0.1) is 0 Å². The van der Waals surface area contributed by atoms with Gasteiger partial charge < -0.3 is 10.6 Å². The maximum Gasteiger partial charge on any atom is 0.221 e. The highest BCUT2D eigenvalue weighted by molar-refractivity contribution is 5.76. The zero-order valence-electron chi connectivity index (χ0n) is 10.9. The van der Waals surface area contributed by atoms with Gasteiger partial charge in [-0.2, -0.15) is 0 Å². The van der Waals surface area contributed by atoms with Gasteiger partial charge in [-0.25, -0.2) is 0 Å². The molecule has 3 heteroatoms. The van der Waals surface area contributed by atoms with Gasteiger partial charge in [0.25, 0.3) is 0 Å². The number of hydrogen-bond acceptors (Lipinski definition) is 2. The summed E-state index contributed by atoms with van der Waals surface area (Å²) in [5.74, 6) is 0.0921. The topological polar surface area (TPSA) is 41.1 Å². The number of hydrogen-bond donors (Lipinski definition) is 2. The third kappa shape index (κ3) is 5.50. The van der Waals surface area contributed by atoms with Crippen molar-refractivity contribution in [1.82, 2.24) is 10.6 Å². The highest BCUT2D eigenvalue weighted by Gasteiger charge is 2.08. The maximum absolute atomic E-state index is 11.7. The summed E-state index contributed by atoms with van der Waals surface area (Å²) in [5.41, 5.74) is 1.14. The number of nitrogens with one attached hydrogen (secondary N) is 2. The van der Waals surface area contributed by atoms with Crippen molar-refractivity contribution in [1.29, 1.82) is 0 Å². The average Bonchev–Trinajstić information content (AvgIpc) is 2.29. The van der Waals surface area contributed by atoms with Crippen LogP contribution in [0.5, 0.6) is 0 Å². The summed E-state index contributed by atoms with van der Waals surface area (Å²) in [6.07, 6.45) is 0.523. The van der Waals surface area contributed by atoms with Crippen molar-refractivity contribution in [2.75, 3.05) is 6.54 Å². The largest absolute Gasteiger partial charge is 0.350 e. The number of carbonyl (C=O) groups excluding carboxylic acids is 1. The van der Waals surface area contributed by atoms with E-state index in [1.165, 1.54) is 0 Å². The molecule has 0 radical (unpaired) electrons. The molecule has 0 spiro atoms. The van der Waals surface area contributed by atoms with Crippen LogP contribution >= 0.6 is 0 Å². The minimum atomic E-state index is 0.0720. The molecule has 0 saturated heterocycles. The van der Waals surface area contributed by atoms with Crippen LogP contribution in [0.15, 0.2) is 30.3 Å². The molecule has 0 aromatic heterocycles. The van der Waals surface area contributed by atoms with Crippen molar-refractivity contribution in [3.05, 3.63) is 35.9 Å². The summed E-state index contributed by atoms with van der Waals surface area (Å²) >= 11 is 0. The average molecular weight is 234 g/mol. The Hall–Kier alpha value is -1.35. The van der Waals surface area contributed by atoms with Crippen molar-refractivity contribution >= 4 is 5.91 Å². The third-order valence-corrected chi connectivity index (χ3v) is 2.58. The molecule has 1 aromatic rings. The van der Waals surface area contributed by atoms with Crippen LogP contribution < -0.4 is 10.6 Å². The Kier molecular flexibility index (Phi) is 5.70. The van der Waals surface area contributed by atoms with E-state index < -0.39 is 0 Å². The van der Waals surface area contributed by atoms with Crippen LogP contribution in [0, 0.1) is 0 Å². The highest BCUT2D eigenvalue weighted by atomic mass is 16.1. The molecule has 1 atom stereocenters. The Bertz CT molecular complexity index is 335. The first-order chi connectivity index (χ1) is 8.09. The molecular formula is C14H22N2O. The molecule has 0 aliphatic carbocycles. The summed E-state index contributed by atoms with van der Waals surface area (Å²) in [6.45, 7) is 6.88. The first-order valence-electron chi connectivity index (χ1n) is 6.17. The fraction of sp³-hybridized carbons (Fsp3) is 0.500. The summed E-state index contributed by atoms with van der Waals surface area (Å²) in [4.78, 5) is 11.7. The van der Waals surface area contributed by atoms with Crippen LogP contribution in [0.1, 0.15) is 38.8 Å². The second kappa shape index (κ2) is 7.07. The summed E-state index contributed by atoms with van der Waals surface area (Å²) in [7, 11) is 0. The summed E-state index contributed by atoms with van der Waals surface area (Å²) in [5, 5.41) is 6.22. The molecule has 0 heterocycles. The minimum absolute atomic E-state index is 0.0720. The fourth-order valence-electron chi connectivity index (χ4n) is 1.61. The molecule has 0 unspecified atom stereocenters. The normalized spacial score (nSPS) is 12.5. The lowest BCUT2D eigenvalue weighted by molar-refractivity contribution is -0.121. The molecule has 94 valence electrons. The Morgan fingerprint density at radius 3 is 2.41 bits per heavy atom. The SMILES string of the molecule is CC(C)NCCC(=O)N[C@H](C)c1ccccc1. The van der Waals surface area contributed by atoms with Crippen LogP contribution in [0.2, 0.25) is 0 Å². The van der Waals surface area contributed by atoms with E-state index in [1.54, 1.807) is 0 Å². The maximum atomic E-state index is 11.7. The Morgan fingerprint density at radius 1 is 1.18 bits per heavy atom. The number of amides is 1. The number of benzene rings is 1.